The summed E-state index contributed by atoms with van der Waals surface area (Å²) in [7, 11) is 0. The van der Waals surface area contributed by atoms with Gasteiger partial charge < -0.3 is 15.2 Å². The third kappa shape index (κ3) is 4.31. The van der Waals surface area contributed by atoms with Crippen LogP contribution in [0.4, 0.5) is 0 Å². The average Bonchev–Trinajstić information content (AvgIpc) is 3.18. The Morgan fingerprint density at radius 3 is 2.89 bits per heavy atom. The predicted octanol–water partition coefficient (Wildman–Crippen LogP) is 2.40. The first kappa shape index (κ1) is 13.4. The quantitative estimate of drug-likeness (QED) is 0.695. The van der Waals surface area contributed by atoms with Gasteiger partial charge in [-0.3, -0.25) is 0 Å². The maximum Gasteiger partial charge on any atom is 0.123 e. The molecule has 0 amide bonds. The smallest absolute Gasteiger partial charge is 0.123 e. The van der Waals surface area contributed by atoms with Gasteiger partial charge >= 0.3 is 0 Å². The Kier molecular flexibility index (Phi) is 5.02. The lowest BCUT2D eigenvalue weighted by atomic mass is 10.1. The van der Waals surface area contributed by atoms with E-state index in [-0.39, 0.29) is 6.61 Å². The topological polar surface area (TPSA) is 41.5 Å². The van der Waals surface area contributed by atoms with Gasteiger partial charge in [0, 0.05) is 24.8 Å². The summed E-state index contributed by atoms with van der Waals surface area (Å²) in [6.07, 6.45) is 4.32. The van der Waals surface area contributed by atoms with Crippen LogP contribution in [0.25, 0.3) is 0 Å². The molecule has 3 nitrogen and oxygen atoms in total. The molecular formula is C15H23NO2. The molecule has 2 N–H and O–H groups in total. The zero-order chi connectivity index (χ0) is 12.8. The van der Waals surface area contributed by atoms with Gasteiger partial charge in [0.1, 0.15) is 5.75 Å². The van der Waals surface area contributed by atoms with Crippen molar-refractivity contribution in [2.45, 2.75) is 45.2 Å². The number of nitrogens with one attached hydrogen (secondary N) is 1. The van der Waals surface area contributed by atoms with Gasteiger partial charge in [-0.1, -0.05) is 17.7 Å². The Balaban J connectivity index is 1.88. The van der Waals surface area contributed by atoms with E-state index in [0.29, 0.717) is 12.6 Å². The molecule has 1 aliphatic rings. The van der Waals surface area contributed by atoms with Gasteiger partial charge in [-0.05, 0) is 38.7 Å². The lowest BCUT2D eigenvalue weighted by molar-refractivity contribution is 0.252. The van der Waals surface area contributed by atoms with Crippen LogP contribution in [0.2, 0.25) is 0 Å². The molecule has 1 aliphatic carbocycles. The van der Waals surface area contributed by atoms with Crippen molar-refractivity contribution >= 4 is 0 Å². The van der Waals surface area contributed by atoms with E-state index in [9.17, 15) is 0 Å². The molecule has 0 heterocycles. The normalized spacial score (nSPS) is 14.8. The average molecular weight is 249 g/mol. The number of hydrogen-bond donors (Lipinski definition) is 2. The highest BCUT2D eigenvalue weighted by Gasteiger charge is 2.20. The summed E-state index contributed by atoms with van der Waals surface area (Å²) >= 11 is 0. The van der Waals surface area contributed by atoms with Crippen LogP contribution in [-0.4, -0.2) is 24.4 Å². The second-order valence-electron chi connectivity index (χ2n) is 5.05. The SMILES string of the molecule is Cc1ccc(OCCCCO)c(CNC2CC2)c1. The van der Waals surface area contributed by atoms with Crippen LogP contribution in [0.5, 0.6) is 5.75 Å². The lowest BCUT2D eigenvalue weighted by Gasteiger charge is -2.13. The largest absolute Gasteiger partial charge is 0.493 e. The Hall–Kier alpha value is -1.06. The fourth-order valence-electron chi connectivity index (χ4n) is 1.92. The van der Waals surface area contributed by atoms with Crippen molar-refractivity contribution in [2.24, 2.45) is 0 Å². The van der Waals surface area contributed by atoms with Crippen molar-refractivity contribution < 1.29 is 9.84 Å². The first-order valence-corrected chi connectivity index (χ1v) is 6.86. The molecule has 1 fully saturated rings. The van der Waals surface area contributed by atoms with Gasteiger partial charge in [-0.2, -0.15) is 0 Å². The van der Waals surface area contributed by atoms with Crippen LogP contribution >= 0.6 is 0 Å². The molecule has 0 aliphatic heterocycles. The zero-order valence-corrected chi connectivity index (χ0v) is 11.1. The molecule has 0 radical (unpaired) electrons. The summed E-state index contributed by atoms with van der Waals surface area (Å²) in [6.45, 7) is 3.92. The fourth-order valence-corrected chi connectivity index (χ4v) is 1.92. The van der Waals surface area contributed by atoms with Gasteiger partial charge in [-0.25, -0.2) is 0 Å². The number of aliphatic hydroxyl groups is 1. The maximum absolute atomic E-state index is 8.74. The van der Waals surface area contributed by atoms with Crippen molar-refractivity contribution in [3.8, 4) is 5.75 Å². The number of ether oxygens (including phenoxy) is 1. The standard InChI is InChI=1S/C15H23NO2/c1-12-4-7-15(18-9-3-2-8-17)13(10-12)11-16-14-5-6-14/h4,7,10,14,16-17H,2-3,5-6,8-9,11H2,1H3. The lowest BCUT2D eigenvalue weighted by Crippen LogP contribution is -2.16. The number of aliphatic hydroxyl groups excluding tert-OH is 1. The van der Waals surface area contributed by atoms with Crippen molar-refractivity contribution in [3.63, 3.8) is 0 Å². The van der Waals surface area contributed by atoms with Crippen LogP contribution in [0.15, 0.2) is 18.2 Å². The fraction of sp³-hybridized carbons (Fsp3) is 0.600. The summed E-state index contributed by atoms with van der Waals surface area (Å²) in [5.41, 5.74) is 2.51. The molecular weight excluding hydrogens is 226 g/mol. The highest BCUT2D eigenvalue weighted by molar-refractivity contribution is 5.37. The predicted molar refractivity (Wildman–Crippen MR) is 72.9 cm³/mol. The zero-order valence-electron chi connectivity index (χ0n) is 11.1. The Morgan fingerprint density at radius 1 is 1.33 bits per heavy atom. The molecule has 0 atom stereocenters. The number of unbranched alkanes of at least 4 members (excludes halogenated alkanes) is 1. The minimum atomic E-state index is 0.243. The van der Waals surface area contributed by atoms with Crippen LogP contribution in [-0.2, 0) is 6.54 Å². The van der Waals surface area contributed by atoms with Gasteiger partial charge in [0.25, 0.3) is 0 Å². The highest BCUT2D eigenvalue weighted by Crippen LogP contribution is 2.23. The van der Waals surface area contributed by atoms with E-state index in [4.69, 9.17) is 9.84 Å². The van der Waals surface area contributed by atoms with Crippen LogP contribution < -0.4 is 10.1 Å². The molecule has 0 spiro atoms. The molecule has 2 rings (SSSR count). The van der Waals surface area contributed by atoms with E-state index in [2.05, 4.69) is 30.4 Å². The van der Waals surface area contributed by atoms with Gasteiger partial charge in [-0.15, -0.1) is 0 Å². The minimum absolute atomic E-state index is 0.243. The van der Waals surface area contributed by atoms with Crippen molar-refractivity contribution in [3.05, 3.63) is 29.3 Å². The molecule has 0 bridgehead atoms. The van der Waals surface area contributed by atoms with E-state index < -0.39 is 0 Å². The van der Waals surface area contributed by atoms with E-state index >= 15 is 0 Å². The van der Waals surface area contributed by atoms with E-state index in [0.717, 1.165) is 25.1 Å². The number of hydrogen-bond acceptors (Lipinski definition) is 3. The first-order chi connectivity index (χ1) is 8.79. The monoisotopic (exact) mass is 249 g/mol. The second-order valence-corrected chi connectivity index (χ2v) is 5.05. The molecule has 0 saturated heterocycles. The second kappa shape index (κ2) is 6.76. The number of aryl methyl sites for hydroxylation is 1. The summed E-state index contributed by atoms with van der Waals surface area (Å²) < 4.78 is 5.80. The van der Waals surface area contributed by atoms with Crippen molar-refractivity contribution in [2.75, 3.05) is 13.2 Å². The Labute approximate surface area is 109 Å². The Bertz CT molecular complexity index is 375. The summed E-state index contributed by atoms with van der Waals surface area (Å²) in [5, 5.41) is 12.3. The maximum atomic E-state index is 8.74. The minimum Gasteiger partial charge on any atom is -0.493 e. The van der Waals surface area contributed by atoms with E-state index in [1.165, 1.54) is 24.0 Å². The molecule has 3 heteroatoms. The van der Waals surface area contributed by atoms with Gasteiger partial charge in [0.2, 0.25) is 0 Å². The van der Waals surface area contributed by atoms with Crippen molar-refractivity contribution in [1.29, 1.82) is 0 Å². The molecule has 1 aromatic rings. The molecule has 100 valence electrons. The molecule has 1 saturated carbocycles. The van der Waals surface area contributed by atoms with Gasteiger partial charge in [0.15, 0.2) is 0 Å². The summed E-state index contributed by atoms with van der Waals surface area (Å²) in [5.74, 6) is 0.978. The van der Waals surface area contributed by atoms with Crippen LogP contribution in [0.3, 0.4) is 0 Å². The molecule has 0 aromatic heterocycles. The molecule has 0 unspecified atom stereocenters. The summed E-state index contributed by atoms with van der Waals surface area (Å²) in [6, 6.07) is 7.05. The highest BCUT2D eigenvalue weighted by atomic mass is 16.5. The van der Waals surface area contributed by atoms with Gasteiger partial charge in [0.05, 0.1) is 6.61 Å². The number of rotatable bonds is 8. The first-order valence-electron chi connectivity index (χ1n) is 6.86. The van der Waals surface area contributed by atoms with Crippen LogP contribution in [0.1, 0.15) is 36.8 Å². The third-order valence-electron chi connectivity index (χ3n) is 3.18. The van der Waals surface area contributed by atoms with E-state index in [1.54, 1.807) is 0 Å². The van der Waals surface area contributed by atoms with Crippen LogP contribution in [0, 0.1) is 6.92 Å². The van der Waals surface area contributed by atoms with E-state index in [1.807, 2.05) is 0 Å². The third-order valence-corrected chi connectivity index (χ3v) is 3.18. The molecule has 1 aromatic carbocycles. The molecule has 18 heavy (non-hydrogen) atoms. The Morgan fingerprint density at radius 2 is 2.17 bits per heavy atom. The number of benzene rings is 1. The summed E-state index contributed by atoms with van der Waals surface area (Å²) in [4.78, 5) is 0. The van der Waals surface area contributed by atoms with Crippen molar-refractivity contribution in [1.82, 2.24) is 5.32 Å².